The van der Waals surface area contributed by atoms with E-state index in [0.717, 1.165) is 11.1 Å². The van der Waals surface area contributed by atoms with Gasteiger partial charge in [-0.2, -0.15) is 0 Å². The third-order valence-corrected chi connectivity index (χ3v) is 4.56. The maximum absolute atomic E-state index is 12.4. The van der Waals surface area contributed by atoms with Gasteiger partial charge in [-0.05, 0) is 67.1 Å². The van der Waals surface area contributed by atoms with E-state index in [-0.39, 0.29) is 18.5 Å². The van der Waals surface area contributed by atoms with E-state index in [2.05, 4.69) is 5.32 Å². The molecule has 0 atom stereocenters. The smallest absolute Gasteiger partial charge is 0.255 e. The summed E-state index contributed by atoms with van der Waals surface area (Å²) >= 11 is 0. The second kappa shape index (κ2) is 8.02. The Balaban J connectivity index is 1.40. The number of hydrogen-bond acceptors (Lipinski definition) is 4. The summed E-state index contributed by atoms with van der Waals surface area (Å²) in [7, 11) is 0. The predicted molar refractivity (Wildman–Crippen MR) is 112 cm³/mol. The van der Waals surface area contributed by atoms with Crippen LogP contribution in [0, 0.1) is 6.92 Å². The number of ketones is 1. The topological polar surface area (TPSA) is 64.6 Å². The van der Waals surface area contributed by atoms with E-state index in [9.17, 15) is 9.59 Å². The predicted octanol–water partition coefficient (Wildman–Crippen LogP) is 4.87. The lowest BCUT2D eigenvalue weighted by molar-refractivity contribution is 0.102. The van der Waals surface area contributed by atoms with Gasteiger partial charge in [0.25, 0.3) is 5.91 Å². The van der Waals surface area contributed by atoms with Crippen molar-refractivity contribution in [2.75, 3.05) is 12.1 Å². The van der Waals surface area contributed by atoms with Gasteiger partial charge in [0, 0.05) is 16.8 Å². The van der Waals surface area contributed by atoms with Gasteiger partial charge in [-0.25, -0.2) is 0 Å². The number of carbonyl (C=O) groups is 2. The lowest BCUT2D eigenvalue weighted by atomic mass is 10.1. The largest absolute Gasteiger partial charge is 0.454 e. The van der Waals surface area contributed by atoms with Crippen LogP contribution in [0.5, 0.6) is 11.5 Å². The second-order valence-electron chi connectivity index (χ2n) is 6.71. The minimum Gasteiger partial charge on any atom is -0.454 e. The zero-order chi connectivity index (χ0) is 20.2. The lowest BCUT2D eigenvalue weighted by Gasteiger charge is -2.06. The first-order valence-electron chi connectivity index (χ1n) is 9.19. The van der Waals surface area contributed by atoms with Crippen molar-refractivity contribution in [1.29, 1.82) is 0 Å². The van der Waals surface area contributed by atoms with Crippen LogP contribution in [0.4, 0.5) is 5.69 Å². The SMILES string of the molecule is Cc1ccc(C(=O)Nc2ccc(C(=O)C=Cc3ccc4c(c3)OCO4)cc2)cc1. The van der Waals surface area contributed by atoms with E-state index in [1.54, 1.807) is 42.5 Å². The minimum atomic E-state index is -0.188. The first-order chi connectivity index (χ1) is 14.1. The second-order valence-corrected chi connectivity index (χ2v) is 6.71. The summed E-state index contributed by atoms with van der Waals surface area (Å²) in [5, 5.41) is 2.83. The number of fused-ring (bicyclic) bond motifs is 1. The van der Waals surface area contributed by atoms with Crippen LogP contribution in [-0.4, -0.2) is 18.5 Å². The molecule has 1 heterocycles. The highest BCUT2D eigenvalue weighted by atomic mass is 16.7. The van der Waals surface area contributed by atoms with Crippen molar-refractivity contribution >= 4 is 23.5 Å². The monoisotopic (exact) mass is 385 g/mol. The Morgan fingerprint density at radius 2 is 1.55 bits per heavy atom. The highest BCUT2D eigenvalue weighted by Crippen LogP contribution is 2.32. The molecule has 0 saturated heterocycles. The molecule has 3 aromatic carbocycles. The van der Waals surface area contributed by atoms with Crippen LogP contribution in [0.15, 0.2) is 72.8 Å². The summed E-state index contributed by atoms with van der Waals surface area (Å²) < 4.78 is 10.6. The van der Waals surface area contributed by atoms with Crippen molar-refractivity contribution in [2.24, 2.45) is 0 Å². The molecule has 1 amide bonds. The Morgan fingerprint density at radius 1 is 0.862 bits per heavy atom. The van der Waals surface area contributed by atoms with Crippen molar-refractivity contribution < 1.29 is 19.1 Å². The quantitative estimate of drug-likeness (QED) is 0.503. The van der Waals surface area contributed by atoms with Gasteiger partial charge in [-0.1, -0.05) is 29.8 Å². The van der Waals surface area contributed by atoms with Crippen LogP contribution in [0.2, 0.25) is 0 Å². The van der Waals surface area contributed by atoms with Gasteiger partial charge in [-0.3, -0.25) is 9.59 Å². The van der Waals surface area contributed by atoms with Crippen molar-refractivity contribution in [2.45, 2.75) is 6.92 Å². The van der Waals surface area contributed by atoms with E-state index in [1.807, 2.05) is 37.3 Å². The zero-order valence-corrected chi connectivity index (χ0v) is 15.8. The van der Waals surface area contributed by atoms with Crippen molar-refractivity contribution in [3.8, 4) is 11.5 Å². The lowest BCUT2D eigenvalue weighted by Crippen LogP contribution is -2.11. The Hall–Kier alpha value is -3.86. The standard InChI is InChI=1S/C24H19NO4/c1-16-2-6-19(7-3-16)24(27)25-20-10-8-18(9-11-20)21(26)12-4-17-5-13-22-23(14-17)29-15-28-22/h2-14H,15H2,1H3,(H,25,27). The molecule has 0 unspecified atom stereocenters. The molecule has 144 valence electrons. The summed E-state index contributed by atoms with van der Waals surface area (Å²) in [4.78, 5) is 24.7. The van der Waals surface area contributed by atoms with E-state index in [1.165, 1.54) is 6.08 Å². The highest BCUT2D eigenvalue weighted by molar-refractivity contribution is 6.08. The molecule has 0 aliphatic carbocycles. The van der Waals surface area contributed by atoms with Crippen molar-refractivity contribution in [3.63, 3.8) is 0 Å². The Kier molecular flexibility index (Phi) is 5.12. The maximum Gasteiger partial charge on any atom is 0.255 e. The Morgan fingerprint density at radius 3 is 2.31 bits per heavy atom. The summed E-state index contributed by atoms with van der Waals surface area (Å²) in [6.45, 7) is 2.19. The number of aryl methyl sites for hydroxylation is 1. The average molecular weight is 385 g/mol. The van der Waals surface area contributed by atoms with Crippen LogP contribution in [0.25, 0.3) is 6.08 Å². The number of anilines is 1. The molecule has 0 bridgehead atoms. The number of amides is 1. The van der Waals surface area contributed by atoms with Gasteiger partial charge < -0.3 is 14.8 Å². The summed E-state index contributed by atoms with van der Waals surface area (Å²) in [5.41, 5.74) is 3.70. The molecule has 0 aromatic heterocycles. The van der Waals surface area contributed by atoms with Crippen LogP contribution in [0.1, 0.15) is 31.8 Å². The molecule has 0 fully saturated rings. The number of carbonyl (C=O) groups excluding carboxylic acids is 2. The van der Waals surface area contributed by atoms with E-state index in [0.29, 0.717) is 28.3 Å². The molecule has 1 N–H and O–H groups in total. The average Bonchev–Trinajstić information content (AvgIpc) is 3.21. The molecular formula is C24H19NO4. The first kappa shape index (κ1) is 18.5. The van der Waals surface area contributed by atoms with Crippen LogP contribution in [-0.2, 0) is 0 Å². The summed E-state index contributed by atoms with van der Waals surface area (Å²) in [5.74, 6) is 1.07. The van der Waals surface area contributed by atoms with Gasteiger partial charge in [0.1, 0.15) is 0 Å². The molecule has 1 aliphatic heterocycles. The van der Waals surface area contributed by atoms with Gasteiger partial charge in [0.2, 0.25) is 6.79 Å². The zero-order valence-electron chi connectivity index (χ0n) is 15.8. The molecule has 0 saturated carbocycles. The molecule has 5 nitrogen and oxygen atoms in total. The molecule has 5 heteroatoms. The number of benzene rings is 3. The van der Waals surface area contributed by atoms with E-state index >= 15 is 0 Å². The Bertz CT molecular complexity index is 1080. The maximum atomic E-state index is 12.4. The molecule has 0 spiro atoms. The molecule has 4 rings (SSSR count). The van der Waals surface area contributed by atoms with Gasteiger partial charge >= 0.3 is 0 Å². The highest BCUT2D eigenvalue weighted by Gasteiger charge is 2.12. The van der Waals surface area contributed by atoms with Gasteiger partial charge in [0.15, 0.2) is 17.3 Å². The third-order valence-electron chi connectivity index (χ3n) is 4.56. The molecule has 0 radical (unpaired) electrons. The normalized spacial score (nSPS) is 12.2. The Labute approximate surface area is 168 Å². The van der Waals surface area contributed by atoms with E-state index < -0.39 is 0 Å². The van der Waals surface area contributed by atoms with Crippen LogP contribution in [0.3, 0.4) is 0 Å². The fourth-order valence-electron chi connectivity index (χ4n) is 2.91. The molecule has 3 aromatic rings. The first-order valence-corrected chi connectivity index (χ1v) is 9.19. The number of ether oxygens (including phenoxy) is 2. The van der Waals surface area contributed by atoms with Crippen molar-refractivity contribution in [3.05, 3.63) is 95.1 Å². The molecular weight excluding hydrogens is 366 g/mol. The number of nitrogens with one attached hydrogen (secondary N) is 1. The molecule has 29 heavy (non-hydrogen) atoms. The number of allylic oxidation sites excluding steroid dienone is 1. The van der Waals surface area contributed by atoms with Crippen molar-refractivity contribution in [1.82, 2.24) is 0 Å². The third kappa shape index (κ3) is 4.35. The minimum absolute atomic E-state index is 0.126. The fourth-order valence-corrected chi connectivity index (χ4v) is 2.91. The number of rotatable bonds is 5. The summed E-state index contributed by atoms with van der Waals surface area (Å²) in [6, 6.07) is 19.7. The van der Waals surface area contributed by atoms with Crippen LogP contribution >= 0.6 is 0 Å². The van der Waals surface area contributed by atoms with Gasteiger partial charge in [0.05, 0.1) is 0 Å². The van der Waals surface area contributed by atoms with E-state index in [4.69, 9.17) is 9.47 Å². The number of hydrogen-bond donors (Lipinski definition) is 1. The fraction of sp³-hybridized carbons (Fsp3) is 0.0833. The summed E-state index contributed by atoms with van der Waals surface area (Å²) in [6.07, 6.45) is 3.24. The van der Waals surface area contributed by atoms with Gasteiger partial charge in [-0.15, -0.1) is 0 Å². The van der Waals surface area contributed by atoms with Crippen LogP contribution < -0.4 is 14.8 Å². The molecule has 1 aliphatic rings.